The van der Waals surface area contributed by atoms with Crippen LogP contribution in [0.2, 0.25) is 0 Å². The molecule has 0 aliphatic rings. The van der Waals surface area contributed by atoms with E-state index in [0.717, 1.165) is 10.8 Å². The number of benzene rings is 2. The summed E-state index contributed by atoms with van der Waals surface area (Å²) >= 11 is 0. The Balaban J connectivity index is 1.89. The van der Waals surface area contributed by atoms with E-state index in [1.165, 1.54) is 6.33 Å². The molecule has 1 heterocycles. The van der Waals surface area contributed by atoms with Crippen LogP contribution in [0.5, 0.6) is 5.75 Å². The van der Waals surface area contributed by atoms with Crippen molar-refractivity contribution < 1.29 is 9.90 Å². The van der Waals surface area contributed by atoms with Gasteiger partial charge in [-0.15, -0.1) is 0 Å². The number of fused-ring (bicyclic) bond motifs is 1. The maximum atomic E-state index is 12.3. The van der Waals surface area contributed by atoms with Gasteiger partial charge in [0.05, 0.1) is 11.6 Å². The maximum absolute atomic E-state index is 12.3. The van der Waals surface area contributed by atoms with Crippen molar-refractivity contribution in [3.05, 3.63) is 54.1 Å². The zero-order chi connectivity index (χ0) is 14.8. The number of phenols is 1. The molecule has 0 aliphatic heterocycles. The molecule has 0 radical (unpaired) electrons. The monoisotopic (exact) mass is 282 g/mol. The van der Waals surface area contributed by atoms with Gasteiger partial charge < -0.3 is 10.4 Å². The number of rotatable bonds is 3. The number of aromatic nitrogens is 3. The van der Waals surface area contributed by atoms with Crippen LogP contribution in [0.3, 0.4) is 0 Å². The van der Waals surface area contributed by atoms with Crippen molar-refractivity contribution in [3.8, 4) is 5.75 Å². The molecule has 0 bridgehead atoms. The number of aromatic hydroxyl groups is 1. The van der Waals surface area contributed by atoms with Crippen LogP contribution in [0.1, 0.15) is 29.1 Å². The fraction of sp³-hybridized carbons (Fsp3) is 0.133. The molecule has 6 nitrogen and oxygen atoms in total. The largest absolute Gasteiger partial charge is 0.507 e. The molecule has 1 amide bonds. The lowest BCUT2D eigenvalue weighted by Crippen LogP contribution is -2.27. The smallest absolute Gasteiger partial charge is 0.255 e. The van der Waals surface area contributed by atoms with Crippen molar-refractivity contribution >= 4 is 16.7 Å². The molecule has 6 heteroatoms. The third kappa shape index (κ3) is 2.55. The Bertz CT molecular complexity index is 783. The van der Waals surface area contributed by atoms with E-state index in [4.69, 9.17) is 0 Å². The Hall–Kier alpha value is -2.89. The number of amides is 1. The first-order chi connectivity index (χ1) is 10.1. The third-order valence-electron chi connectivity index (χ3n) is 3.30. The Kier molecular flexibility index (Phi) is 3.27. The average molecular weight is 282 g/mol. The molecule has 3 aromatic rings. The zero-order valence-corrected chi connectivity index (χ0v) is 11.4. The van der Waals surface area contributed by atoms with Gasteiger partial charge in [-0.05, 0) is 29.8 Å². The molecular formula is C15H14N4O2. The van der Waals surface area contributed by atoms with Crippen LogP contribution in [0, 0.1) is 0 Å². The highest BCUT2D eigenvalue weighted by Crippen LogP contribution is 2.25. The summed E-state index contributed by atoms with van der Waals surface area (Å²) in [4.78, 5) is 16.3. The SMILES string of the molecule is CC(NC(=O)c1cc2ccccc2cc1O)c1ncn[nH]1. The first-order valence-corrected chi connectivity index (χ1v) is 6.53. The first-order valence-electron chi connectivity index (χ1n) is 6.53. The third-order valence-corrected chi connectivity index (χ3v) is 3.30. The van der Waals surface area contributed by atoms with E-state index in [1.807, 2.05) is 24.3 Å². The van der Waals surface area contributed by atoms with E-state index >= 15 is 0 Å². The normalized spacial score (nSPS) is 12.2. The van der Waals surface area contributed by atoms with Crippen LogP contribution < -0.4 is 5.32 Å². The summed E-state index contributed by atoms with van der Waals surface area (Å²) in [6.45, 7) is 1.79. The molecule has 3 rings (SSSR count). The lowest BCUT2D eigenvalue weighted by Gasteiger charge is -2.12. The molecule has 106 valence electrons. The highest BCUT2D eigenvalue weighted by Gasteiger charge is 2.17. The number of carbonyl (C=O) groups is 1. The molecule has 21 heavy (non-hydrogen) atoms. The van der Waals surface area contributed by atoms with Crippen LogP contribution in [0.4, 0.5) is 0 Å². The van der Waals surface area contributed by atoms with Gasteiger partial charge in [-0.3, -0.25) is 9.89 Å². The molecule has 2 aromatic carbocycles. The van der Waals surface area contributed by atoms with Gasteiger partial charge in [0.2, 0.25) is 0 Å². The van der Waals surface area contributed by atoms with Crippen molar-refractivity contribution in [2.75, 3.05) is 0 Å². The number of hydrogen-bond donors (Lipinski definition) is 3. The average Bonchev–Trinajstić information content (AvgIpc) is 3.00. The van der Waals surface area contributed by atoms with Crippen LogP contribution in [0.15, 0.2) is 42.7 Å². The number of carbonyl (C=O) groups excluding carboxylic acids is 1. The van der Waals surface area contributed by atoms with E-state index in [-0.39, 0.29) is 23.3 Å². The highest BCUT2D eigenvalue weighted by molar-refractivity contribution is 6.01. The quantitative estimate of drug-likeness (QED) is 0.686. The predicted molar refractivity (Wildman–Crippen MR) is 77.9 cm³/mol. The molecule has 1 aromatic heterocycles. The fourth-order valence-corrected chi connectivity index (χ4v) is 2.18. The van der Waals surface area contributed by atoms with Crippen molar-refractivity contribution in [1.29, 1.82) is 0 Å². The minimum absolute atomic E-state index is 0.0454. The van der Waals surface area contributed by atoms with Gasteiger partial charge in [-0.2, -0.15) is 5.10 Å². The van der Waals surface area contributed by atoms with Gasteiger partial charge >= 0.3 is 0 Å². The lowest BCUT2D eigenvalue weighted by molar-refractivity contribution is 0.0936. The van der Waals surface area contributed by atoms with Gasteiger partial charge in [0.15, 0.2) is 0 Å². The lowest BCUT2D eigenvalue weighted by atomic mass is 10.1. The second-order valence-electron chi connectivity index (χ2n) is 4.78. The summed E-state index contributed by atoms with van der Waals surface area (Å²) < 4.78 is 0. The van der Waals surface area contributed by atoms with Crippen LogP contribution in [-0.4, -0.2) is 26.2 Å². The molecule has 1 atom stereocenters. The summed E-state index contributed by atoms with van der Waals surface area (Å²) in [7, 11) is 0. The zero-order valence-electron chi connectivity index (χ0n) is 11.4. The van der Waals surface area contributed by atoms with Gasteiger partial charge in [-0.1, -0.05) is 24.3 Å². The van der Waals surface area contributed by atoms with Gasteiger partial charge in [-0.25, -0.2) is 4.98 Å². The summed E-state index contributed by atoms with van der Waals surface area (Å²) in [5, 5.41) is 21.0. The molecule has 0 saturated carbocycles. The van der Waals surface area contributed by atoms with Crippen molar-refractivity contribution in [2.45, 2.75) is 13.0 Å². The van der Waals surface area contributed by atoms with E-state index in [1.54, 1.807) is 19.1 Å². The molecule has 0 spiro atoms. The fourth-order valence-electron chi connectivity index (χ4n) is 2.18. The van der Waals surface area contributed by atoms with Crippen LogP contribution in [-0.2, 0) is 0 Å². The standard InChI is InChI=1S/C15H14N4O2/c1-9(14-16-8-17-19-14)18-15(21)12-6-10-4-2-3-5-11(10)7-13(12)20/h2-9,20H,1H3,(H,18,21)(H,16,17,19). The second-order valence-corrected chi connectivity index (χ2v) is 4.78. The van der Waals surface area contributed by atoms with Gasteiger partial charge in [0.1, 0.15) is 17.9 Å². The highest BCUT2D eigenvalue weighted by atomic mass is 16.3. The molecular weight excluding hydrogens is 268 g/mol. The summed E-state index contributed by atoms with van der Waals surface area (Å²) in [6.07, 6.45) is 1.38. The molecule has 0 saturated heterocycles. The molecule has 1 unspecified atom stereocenters. The van der Waals surface area contributed by atoms with E-state index in [9.17, 15) is 9.90 Å². The summed E-state index contributed by atoms with van der Waals surface area (Å²) in [5.41, 5.74) is 0.236. The topological polar surface area (TPSA) is 90.9 Å². The molecule has 3 N–H and O–H groups in total. The van der Waals surface area contributed by atoms with Crippen molar-refractivity contribution in [1.82, 2.24) is 20.5 Å². The number of nitrogens with zero attached hydrogens (tertiary/aromatic N) is 2. The number of nitrogens with one attached hydrogen (secondary N) is 2. The second kappa shape index (κ2) is 5.24. The first kappa shape index (κ1) is 13.1. The van der Waals surface area contributed by atoms with Crippen LogP contribution >= 0.6 is 0 Å². The van der Waals surface area contributed by atoms with Crippen molar-refractivity contribution in [2.24, 2.45) is 0 Å². The predicted octanol–water partition coefficient (Wildman–Crippen LogP) is 2.15. The van der Waals surface area contributed by atoms with Crippen molar-refractivity contribution in [3.63, 3.8) is 0 Å². The minimum Gasteiger partial charge on any atom is -0.507 e. The Morgan fingerprint density at radius 2 is 2.00 bits per heavy atom. The van der Waals surface area contributed by atoms with E-state index in [2.05, 4.69) is 20.5 Å². The van der Waals surface area contributed by atoms with E-state index < -0.39 is 0 Å². The number of hydrogen-bond acceptors (Lipinski definition) is 4. The van der Waals surface area contributed by atoms with E-state index in [0.29, 0.717) is 5.82 Å². The Morgan fingerprint density at radius 1 is 1.29 bits per heavy atom. The Morgan fingerprint density at radius 3 is 2.67 bits per heavy atom. The summed E-state index contributed by atoms with van der Waals surface area (Å²) in [5.74, 6) is 0.154. The summed E-state index contributed by atoms with van der Waals surface area (Å²) in [6, 6.07) is 10.5. The van der Waals surface area contributed by atoms with Gasteiger partial charge in [0, 0.05) is 0 Å². The van der Waals surface area contributed by atoms with Crippen LogP contribution in [0.25, 0.3) is 10.8 Å². The number of aromatic amines is 1. The minimum atomic E-state index is -0.359. The molecule has 0 aliphatic carbocycles. The number of H-pyrrole nitrogens is 1. The number of phenolic OH excluding ortho intramolecular Hbond substituents is 1. The maximum Gasteiger partial charge on any atom is 0.255 e. The molecule has 0 fully saturated rings. The Labute approximate surface area is 120 Å². The van der Waals surface area contributed by atoms with Gasteiger partial charge in [0.25, 0.3) is 5.91 Å².